The molecule has 7 nitrogen and oxygen atoms in total. The van der Waals surface area contributed by atoms with Crippen molar-refractivity contribution in [2.24, 2.45) is 5.10 Å². The average molecular weight is 420 g/mol. The number of aromatic hydroxyl groups is 1. The molecule has 0 bridgehead atoms. The van der Waals surface area contributed by atoms with Crippen LogP contribution in [0.15, 0.2) is 38.6 Å². The van der Waals surface area contributed by atoms with Gasteiger partial charge in [-0.1, -0.05) is 0 Å². The molecule has 160 valence electrons. The summed E-state index contributed by atoms with van der Waals surface area (Å²) >= 11 is 0. The highest BCUT2D eigenvalue weighted by Crippen LogP contribution is 2.40. The van der Waals surface area contributed by atoms with Gasteiger partial charge >= 0.3 is 5.63 Å². The van der Waals surface area contributed by atoms with Crippen molar-refractivity contribution in [2.45, 2.75) is 38.6 Å². The summed E-state index contributed by atoms with van der Waals surface area (Å²) in [7, 11) is 3.24. The molecule has 1 aromatic heterocycles. The van der Waals surface area contributed by atoms with E-state index in [2.05, 4.69) is 10.5 Å². The van der Waals surface area contributed by atoms with Gasteiger partial charge in [-0.05, 0) is 61.1 Å². The molecule has 1 atom stereocenters. The monoisotopic (exact) mass is 420 g/mol. The molecule has 0 unspecified atom stereocenters. The summed E-state index contributed by atoms with van der Waals surface area (Å²) in [5.74, 6) is 1.56. The highest BCUT2D eigenvalue weighted by atomic mass is 16.5. The smallest absolute Gasteiger partial charge is 0.339 e. The van der Waals surface area contributed by atoms with Crippen LogP contribution < -0.4 is 20.5 Å². The predicted molar refractivity (Wildman–Crippen MR) is 117 cm³/mol. The third kappa shape index (κ3) is 3.12. The van der Waals surface area contributed by atoms with Crippen molar-refractivity contribution in [3.05, 3.63) is 62.5 Å². The van der Waals surface area contributed by atoms with E-state index >= 15 is 0 Å². The Labute approximate surface area is 179 Å². The van der Waals surface area contributed by atoms with Gasteiger partial charge in [0.1, 0.15) is 22.8 Å². The lowest BCUT2D eigenvalue weighted by Crippen LogP contribution is -2.11. The summed E-state index contributed by atoms with van der Waals surface area (Å²) in [5, 5.41) is 16.4. The maximum atomic E-state index is 12.3. The maximum absolute atomic E-state index is 12.3. The van der Waals surface area contributed by atoms with Crippen molar-refractivity contribution < 1.29 is 19.0 Å². The molecular weight excluding hydrogens is 396 g/mol. The fraction of sp³-hybridized carbons (Fsp3) is 0.333. The molecule has 2 aromatic carbocycles. The van der Waals surface area contributed by atoms with Crippen LogP contribution in [0.3, 0.4) is 0 Å². The van der Waals surface area contributed by atoms with Crippen molar-refractivity contribution in [1.29, 1.82) is 0 Å². The summed E-state index contributed by atoms with van der Waals surface area (Å²) in [6.07, 6.45) is 2.95. The lowest BCUT2D eigenvalue weighted by atomic mass is 9.92. The largest absolute Gasteiger partial charge is 0.506 e. The second-order valence-electron chi connectivity index (χ2n) is 8.08. The molecule has 7 heteroatoms. The van der Waals surface area contributed by atoms with Gasteiger partial charge in [0, 0.05) is 23.6 Å². The molecule has 1 aliphatic carbocycles. The minimum absolute atomic E-state index is 0.0760. The molecule has 31 heavy (non-hydrogen) atoms. The van der Waals surface area contributed by atoms with Crippen LogP contribution >= 0.6 is 0 Å². The molecule has 2 aliphatic rings. The van der Waals surface area contributed by atoms with E-state index in [0.29, 0.717) is 46.4 Å². The van der Waals surface area contributed by atoms with Crippen molar-refractivity contribution >= 4 is 16.7 Å². The second-order valence-corrected chi connectivity index (χ2v) is 8.08. The number of rotatable bonds is 4. The molecule has 2 heterocycles. The van der Waals surface area contributed by atoms with Gasteiger partial charge in [-0.2, -0.15) is 5.10 Å². The van der Waals surface area contributed by atoms with Crippen LogP contribution in [0, 0.1) is 6.92 Å². The summed E-state index contributed by atoms with van der Waals surface area (Å²) in [6.45, 7) is 1.89. The molecule has 0 saturated carbocycles. The fourth-order valence-corrected chi connectivity index (χ4v) is 4.73. The van der Waals surface area contributed by atoms with Crippen LogP contribution in [0.1, 0.15) is 46.7 Å². The van der Waals surface area contributed by atoms with Crippen LogP contribution in [0.2, 0.25) is 0 Å². The minimum atomic E-state index is -0.293. The molecular formula is C24H24N2O5. The second kappa shape index (κ2) is 7.34. The SMILES string of the molecule is COc1cc(OC)cc([C@H]2CC(c3c(C)cc4oc(=O)c5c(c4c3O)CCC5)=NN2)c1. The fourth-order valence-electron chi connectivity index (χ4n) is 4.73. The number of methoxy groups -OCH3 is 2. The van der Waals surface area contributed by atoms with Gasteiger partial charge in [0.15, 0.2) is 0 Å². The van der Waals surface area contributed by atoms with Gasteiger partial charge in [0.2, 0.25) is 0 Å². The lowest BCUT2D eigenvalue weighted by Gasteiger charge is -2.15. The summed E-state index contributed by atoms with van der Waals surface area (Å²) < 4.78 is 16.3. The molecule has 1 aliphatic heterocycles. The molecule has 0 spiro atoms. The van der Waals surface area contributed by atoms with Crippen molar-refractivity contribution in [3.63, 3.8) is 0 Å². The number of nitrogens with one attached hydrogen (secondary N) is 1. The Bertz CT molecular complexity index is 1270. The third-order valence-corrected chi connectivity index (χ3v) is 6.25. The first-order valence-corrected chi connectivity index (χ1v) is 10.4. The first-order chi connectivity index (χ1) is 15.0. The molecule has 0 saturated heterocycles. The zero-order valence-corrected chi connectivity index (χ0v) is 17.7. The Balaban J connectivity index is 1.56. The number of hydrogen-bond acceptors (Lipinski definition) is 7. The van der Waals surface area contributed by atoms with Gasteiger partial charge in [0.05, 0.1) is 31.4 Å². The Hall–Kier alpha value is -3.48. The highest BCUT2D eigenvalue weighted by molar-refractivity contribution is 6.09. The molecule has 5 rings (SSSR count). The van der Waals surface area contributed by atoms with Crippen LogP contribution in [0.5, 0.6) is 17.2 Å². The van der Waals surface area contributed by atoms with Crippen LogP contribution in [0.4, 0.5) is 0 Å². The minimum Gasteiger partial charge on any atom is -0.506 e. The molecule has 0 radical (unpaired) electrons. The Kier molecular flexibility index (Phi) is 4.61. The van der Waals surface area contributed by atoms with E-state index in [1.54, 1.807) is 14.2 Å². The van der Waals surface area contributed by atoms with Crippen LogP contribution in [-0.2, 0) is 12.8 Å². The zero-order valence-electron chi connectivity index (χ0n) is 17.7. The van der Waals surface area contributed by atoms with E-state index in [4.69, 9.17) is 13.9 Å². The molecule has 3 aromatic rings. The average Bonchev–Trinajstić information content (AvgIpc) is 3.43. The van der Waals surface area contributed by atoms with Crippen LogP contribution in [0.25, 0.3) is 11.0 Å². The number of hydrazone groups is 1. The lowest BCUT2D eigenvalue weighted by molar-refractivity contribution is 0.392. The number of fused-ring (bicyclic) bond motifs is 3. The Morgan fingerprint density at radius 3 is 2.52 bits per heavy atom. The third-order valence-electron chi connectivity index (χ3n) is 6.25. The number of benzene rings is 2. The predicted octanol–water partition coefficient (Wildman–Crippen LogP) is 3.75. The first kappa shape index (κ1) is 19.5. The molecule has 2 N–H and O–H groups in total. The Morgan fingerprint density at radius 2 is 1.81 bits per heavy atom. The van der Waals surface area contributed by atoms with Crippen molar-refractivity contribution in [2.75, 3.05) is 14.2 Å². The number of hydrogen-bond donors (Lipinski definition) is 2. The van der Waals surface area contributed by atoms with Gasteiger partial charge in [-0.25, -0.2) is 4.79 Å². The number of ether oxygens (including phenoxy) is 2. The normalized spacial score (nSPS) is 17.4. The number of phenols is 1. The number of aryl methyl sites for hydroxylation is 2. The standard InChI is InChI=1S/C24H24N2O5/c1-12-7-20-22(16-5-4-6-17(16)24(28)31-20)23(27)21(12)19-11-18(25-26-19)13-8-14(29-2)10-15(9-13)30-3/h7-10,18,25,27H,4-6,11H2,1-3H3/t18-/m1/s1. The summed E-state index contributed by atoms with van der Waals surface area (Å²) in [5.41, 5.74) is 8.18. The number of nitrogens with zero attached hydrogens (tertiary/aromatic N) is 1. The van der Waals surface area contributed by atoms with E-state index in [1.807, 2.05) is 31.2 Å². The van der Waals surface area contributed by atoms with Crippen molar-refractivity contribution in [1.82, 2.24) is 5.43 Å². The summed E-state index contributed by atoms with van der Waals surface area (Å²) in [4.78, 5) is 12.3. The van der Waals surface area contributed by atoms with Crippen LogP contribution in [-0.4, -0.2) is 25.0 Å². The quantitative estimate of drug-likeness (QED) is 0.625. The van der Waals surface area contributed by atoms with E-state index in [0.717, 1.165) is 35.2 Å². The number of phenolic OH excluding ortho intramolecular Hbond substituents is 1. The Morgan fingerprint density at radius 1 is 1.10 bits per heavy atom. The van der Waals surface area contributed by atoms with E-state index in [-0.39, 0.29) is 17.4 Å². The topological polar surface area (TPSA) is 93.3 Å². The van der Waals surface area contributed by atoms with Gasteiger partial charge in [-0.3, -0.25) is 0 Å². The van der Waals surface area contributed by atoms with E-state index < -0.39 is 0 Å². The maximum Gasteiger partial charge on any atom is 0.339 e. The van der Waals surface area contributed by atoms with Gasteiger partial charge in [0.25, 0.3) is 0 Å². The first-order valence-electron chi connectivity index (χ1n) is 10.4. The molecule has 0 fully saturated rings. The van der Waals surface area contributed by atoms with E-state index in [9.17, 15) is 9.90 Å². The summed E-state index contributed by atoms with van der Waals surface area (Å²) in [6, 6.07) is 7.48. The highest BCUT2D eigenvalue weighted by Gasteiger charge is 2.29. The van der Waals surface area contributed by atoms with E-state index in [1.165, 1.54) is 0 Å². The van der Waals surface area contributed by atoms with Gasteiger partial charge in [-0.15, -0.1) is 0 Å². The molecule has 0 amide bonds. The van der Waals surface area contributed by atoms with Crippen molar-refractivity contribution in [3.8, 4) is 17.2 Å². The zero-order chi connectivity index (χ0) is 21.7. The van der Waals surface area contributed by atoms with Gasteiger partial charge < -0.3 is 24.4 Å².